The van der Waals surface area contributed by atoms with Gasteiger partial charge in [0, 0.05) is 11.2 Å². The average Bonchev–Trinajstić information content (AvgIpc) is 2.73. The second-order valence-electron chi connectivity index (χ2n) is 7.37. The number of hydrogen-bond donors (Lipinski definition) is 1. The van der Waals surface area contributed by atoms with Crippen LogP contribution in [0, 0.1) is 11.3 Å². The third-order valence-electron chi connectivity index (χ3n) is 5.95. The Morgan fingerprint density at radius 1 is 0.931 bits per heavy atom. The first kappa shape index (κ1) is 21.7. The van der Waals surface area contributed by atoms with Gasteiger partial charge in [0.15, 0.2) is 0 Å². The highest BCUT2D eigenvalue weighted by Gasteiger charge is 2.68. The number of allylic oxidation sites excluding steroid dienone is 4. The van der Waals surface area contributed by atoms with E-state index in [-0.39, 0.29) is 13.0 Å². The second kappa shape index (κ2) is 8.80. The number of alkyl halides is 3. The Morgan fingerprint density at radius 2 is 1.48 bits per heavy atom. The summed E-state index contributed by atoms with van der Waals surface area (Å²) in [6.45, 7) is 0.194. The number of hydrogen-bond acceptors (Lipinski definition) is 2. The van der Waals surface area contributed by atoms with Gasteiger partial charge < -0.3 is 5.73 Å². The number of halogens is 3. The Bertz CT molecular complexity index is 806. The highest BCUT2D eigenvalue weighted by Crippen LogP contribution is 2.63. The number of thioether (sulfide) groups is 1. The van der Waals surface area contributed by atoms with E-state index in [1.54, 1.807) is 18.2 Å². The molecule has 0 saturated carbocycles. The normalized spacial score (nSPS) is 22.0. The molecule has 0 radical (unpaired) electrons. The predicted octanol–water partition coefficient (Wildman–Crippen LogP) is 5.98. The lowest BCUT2D eigenvalue weighted by Crippen LogP contribution is -2.60. The quantitative estimate of drug-likeness (QED) is 0.600. The van der Waals surface area contributed by atoms with Crippen molar-refractivity contribution in [1.29, 1.82) is 0 Å². The smallest absolute Gasteiger partial charge is 0.330 e. The van der Waals surface area contributed by atoms with Crippen molar-refractivity contribution in [1.82, 2.24) is 0 Å². The SMILES string of the molecule is CSCC(c1ccccc1)(c1ccccc1)C1(C(F)(F)F)C=CC=CC1CCN. The van der Waals surface area contributed by atoms with Crippen molar-refractivity contribution >= 4 is 11.8 Å². The highest BCUT2D eigenvalue weighted by molar-refractivity contribution is 7.98. The standard InChI is InChI=1S/C24H26F3NS/c1-29-18-22(19-10-4-2-5-11-19,20-12-6-3-7-13-20)23(24(25,26)27)16-9-8-14-21(23)15-17-28/h2-14,16,21H,15,17-18,28H2,1H3. The van der Waals surface area contributed by atoms with Crippen LogP contribution in [0.1, 0.15) is 17.5 Å². The summed E-state index contributed by atoms with van der Waals surface area (Å²) in [5.41, 5.74) is 3.71. The zero-order valence-corrected chi connectivity index (χ0v) is 17.2. The zero-order valence-electron chi connectivity index (χ0n) is 16.4. The number of benzene rings is 2. The molecule has 0 aromatic heterocycles. The third kappa shape index (κ3) is 3.55. The van der Waals surface area contributed by atoms with Gasteiger partial charge in [0.2, 0.25) is 0 Å². The van der Waals surface area contributed by atoms with Crippen molar-refractivity contribution < 1.29 is 13.2 Å². The van der Waals surface area contributed by atoms with E-state index in [0.717, 1.165) is 0 Å². The Labute approximate surface area is 174 Å². The van der Waals surface area contributed by atoms with Crippen LogP contribution in [0.4, 0.5) is 13.2 Å². The van der Waals surface area contributed by atoms with E-state index >= 15 is 13.2 Å². The van der Waals surface area contributed by atoms with Crippen LogP contribution >= 0.6 is 11.8 Å². The summed E-state index contributed by atoms with van der Waals surface area (Å²) in [6.07, 6.45) is 3.97. The fourth-order valence-electron chi connectivity index (χ4n) is 4.78. The maximum atomic E-state index is 15.2. The first-order valence-corrected chi connectivity index (χ1v) is 11.1. The molecule has 2 aromatic carbocycles. The molecular formula is C24H26F3NS. The molecule has 2 unspecified atom stereocenters. The van der Waals surface area contributed by atoms with Crippen LogP contribution in [0.25, 0.3) is 0 Å². The molecule has 2 N–H and O–H groups in total. The van der Waals surface area contributed by atoms with E-state index in [2.05, 4.69) is 0 Å². The van der Waals surface area contributed by atoms with E-state index in [4.69, 9.17) is 5.73 Å². The summed E-state index contributed by atoms with van der Waals surface area (Å²) >= 11 is 1.44. The van der Waals surface area contributed by atoms with Crippen LogP contribution in [0.5, 0.6) is 0 Å². The molecule has 0 saturated heterocycles. The minimum atomic E-state index is -4.48. The van der Waals surface area contributed by atoms with Crippen LogP contribution in [0.3, 0.4) is 0 Å². The summed E-state index contributed by atoms with van der Waals surface area (Å²) in [7, 11) is 0. The Morgan fingerprint density at radius 3 is 1.93 bits per heavy atom. The van der Waals surface area contributed by atoms with E-state index in [0.29, 0.717) is 16.9 Å². The molecule has 5 heteroatoms. The molecule has 1 aliphatic carbocycles. The summed E-state index contributed by atoms with van der Waals surface area (Å²) in [6, 6.07) is 18.2. The minimum absolute atomic E-state index is 0.194. The molecule has 154 valence electrons. The molecule has 0 amide bonds. The molecule has 0 aliphatic heterocycles. The van der Waals surface area contributed by atoms with Crippen LogP contribution in [0.2, 0.25) is 0 Å². The fourth-order valence-corrected chi connectivity index (χ4v) is 5.79. The first-order valence-electron chi connectivity index (χ1n) is 9.67. The van der Waals surface area contributed by atoms with Crippen LogP contribution in [-0.4, -0.2) is 24.7 Å². The van der Waals surface area contributed by atoms with Crippen LogP contribution < -0.4 is 5.73 Å². The lowest BCUT2D eigenvalue weighted by atomic mass is 9.50. The topological polar surface area (TPSA) is 26.0 Å². The van der Waals surface area contributed by atoms with E-state index in [9.17, 15) is 0 Å². The maximum Gasteiger partial charge on any atom is 0.399 e. The van der Waals surface area contributed by atoms with Crippen molar-refractivity contribution in [2.75, 3.05) is 18.6 Å². The lowest BCUT2D eigenvalue weighted by molar-refractivity contribution is -0.237. The summed E-state index contributed by atoms with van der Waals surface area (Å²) in [5, 5.41) is 0. The largest absolute Gasteiger partial charge is 0.399 e. The Kier molecular flexibility index (Phi) is 6.59. The van der Waals surface area contributed by atoms with Gasteiger partial charge in [-0.1, -0.05) is 85.0 Å². The van der Waals surface area contributed by atoms with E-state index in [1.165, 1.54) is 17.8 Å². The van der Waals surface area contributed by atoms with Crippen molar-refractivity contribution in [3.05, 3.63) is 96.1 Å². The van der Waals surface area contributed by atoms with E-state index in [1.807, 2.05) is 66.9 Å². The summed E-state index contributed by atoms with van der Waals surface area (Å²) < 4.78 is 45.7. The van der Waals surface area contributed by atoms with Gasteiger partial charge in [-0.3, -0.25) is 0 Å². The number of nitrogens with two attached hydrogens (primary N) is 1. The van der Waals surface area contributed by atoms with Crippen molar-refractivity contribution in [3.63, 3.8) is 0 Å². The molecular weight excluding hydrogens is 391 g/mol. The monoisotopic (exact) mass is 417 g/mol. The van der Waals surface area contributed by atoms with Crippen LogP contribution in [-0.2, 0) is 5.41 Å². The van der Waals surface area contributed by atoms with Gasteiger partial charge in [0.25, 0.3) is 0 Å². The van der Waals surface area contributed by atoms with Crippen molar-refractivity contribution in [2.45, 2.75) is 18.0 Å². The fraction of sp³-hybridized carbons (Fsp3) is 0.333. The Hall–Kier alpha value is -1.98. The molecule has 3 rings (SSSR count). The van der Waals surface area contributed by atoms with Gasteiger partial charge in [0.05, 0.1) is 0 Å². The molecule has 0 fully saturated rings. The van der Waals surface area contributed by atoms with Gasteiger partial charge in [-0.2, -0.15) is 24.9 Å². The van der Waals surface area contributed by atoms with E-state index < -0.39 is 22.9 Å². The number of rotatable bonds is 7. The zero-order chi connectivity index (χ0) is 21.0. The summed E-state index contributed by atoms with van der Waals surface area (Å²) in [5.74, 6) is -0.468. The molecule has 2 atom stereocenters. The maximum absolute atomic E-state index is 15.2. The first-order chi connectivity index (χ1) is 13.9. The lowest BCUT2D eigenvalue weighted by Gasteiger charge is -2.54. The third-order valence-corrected chi connectivity index (χ3v) is 6.67. The summed E-state index contributed by atoms with van der Waals surface area (Å²) in [4.78, 5) is 0. The van der Waals surface area contributed by atoms with Gasteiger partial charge in [-0.15, -0.1) is 0 Å². The minimum Gasteiger partial charge on any atom is -0.330 e. The molecule has 0 spiro atoms. The van der Waals surface area contributed by atoms with Crippen LogP contribution in [0.15, 0.2) is 85.0 Å². The second-order valence-corrected chi connectivity index (χ2v) is 8.23. The molecule has 29 heavy (non-hydrogen) atoms. The molecule has 0 heterocycles. The van der Waals surface area contributed by atoms with Gasteiger partial charge >= 0.3 is 6.18 Å². The average molecular weight is 418 g/mol. The van der Waals surface area contributed by atoms with Gasteiger partial charge in [-0.05, 0) is 36.3 Å². The molecule has 1 nitrogen and oxygen atoms in total. The van der Waals surface area contributed by atoms with Gasteiger partial charge in [-0.25, -0.2) is 0 Å². The highest BCUT2D eigenvalue weighted by atomic mass is 32.2. The molecule has 1 aliphatic rings. The molecule has 0 bridgehead atoms. The Balaban J connectivity index is 2.45. The van der Waals surface area contributed by atoms with Crippen molar-refractivity contribution in [2.24, 2.45) is 17.1 Å². The molecule has 2 aromatic rings. The van der Waals surface area contributed by atoms with Crippen molar-refractivity contribution in [3.8, 4) is 0 Å². The van der Waals surface area contributed by atoms with Gasteiger partial charge in [0.1, 0.15) is 5.41 Å². The predicted molar refractivity (Wildman–Crippen MR) is 116 cm³/mol.